The van der Waals surface area contributed by atoms with E-state index in [0.29, 0.717) is 21.7 Å². The molecular formula is C15H17Cl2N3O. The van der Waals surface area contributed by atoms with Crippen LogP contribution < -0.4 is 10.1 Å². The molecule has 0 aliphatic heterocycles. The third-order valence-corrected chi connectivity index (χ3v) is 3.68. The molecule has 0 saturated carbocycles. The maximum atomic E-state index is 6.16. The summed E-state index contributed by atoms with van der Waals surface area (Å²) in [5.41, 5.74) is 1.63. The minimum absolute atomic E-state index is 0.468. The van der Waals surface area contributed by atoms with Gasteiger partial charge in [-0.15, -0.1) is 0 Å². The Hall–Kier alpha value is -1.52. The van der Waals surface area contributed by atoms with Crippen LogP contribution in [0.3, 0.4) is 0 Å². The molecule has 0 unspecified atom stereocenters. The van der Waals surface area contributed by atoms with Crippen LogP contribution in [0.15, 0.2) is 18.2 Å². The van der Waals surface area contributed by atoms with E-state index in [-0.39, 0.29) is 0 Å². The Morgan fingerprint density at radius 1 is 1.24 bits per heavy atom. The van der Waals surface area contributed by atoms with E-state index >= 15 is 0 Å². The van der Waals surface area contributed by atoms with E-state index in [9.17, 15) is 0 Å². The van der Waals surface area contributed by atoms with Gasteiger partial charge in [0.15, 0.2) is 0 Å². The summed E-state index contributed by atoms with van der Waals surface area (Å²) in [5.74, 6) is 2.06. The van der Waals surface area contributed by atoms with Crippen LogP contribution in [-0.4, -0.2) is 17.1 Å². The molecule has 0 atom stereocenters. The molecule has 21 heavy (non-hydrogen) atoms. The van der Waals surface area contributed by atoms with Gasteiger partial charge in [-0.2, -0.15) is 0 Å². The molecule has 1 N–H and O–H groups in total. The number of benzene rings is 1. The average molecular weight is 326 g/mol. The lowest BCUT2D eigenvalue weighted by atomic mass is 10.2. The third kappa shape index (κ3) is 3.77. The van der Waals surface area contributed by atoms with Gasteiger partial charge in [0, 0.05) is 17.7 Å². The van der Waals surface area contributed by atoms with E-state index in [2.05, 4.69) is 22.2 Å². The number of aromatic nitrogens is 2. The van der Waals surface area contributed by atoms with Crippen molar-refractivity contribution >= 4 is 34.7 Å². The first-order valence-corrected chi connectivity index (χ1v) is 7.44. The van der Waals surface area contributed by atoms with Gasteiger partial charge in [0.2, 0.25) is 0 Å². The predicted molar refractivity (Wildman–Crippen MR) is 87.1 cm³/mol. The molecule has 2 rings (SSSR count). The van der Waals surface area contributed by atoms with Gasteiger partial charge in [0.05, 0.1) is 12.1 Å². The minimum Gasteiger partial charge on any atom is -0.495 e. The van der Waals surface area contributed by atoms with Gasteiger partial charge < -0.3 is 10.1 Å². The normalized spacial score (nSPS) is 10.5. The molecule has 0 aliphatic carbocycles. The zero-order valence-electron chi connectivity index (χ0n) is 12.2. The molecule has 6 heteroatoms. The molecule has 4 nitrogen and oxygen atoms in total. The van der Waals surface area contributed by atoms with Crippen LogP contribution in [-0.2, 0) is 6.42 Å². The van der Waals surface area contributed by atoms with Crippen LogP contribution in [0.25, 0.3) is 0 Å². The lowest BCUT2D eigenvalue weighted by Gasteiger charge is -2.12. The van der Waals surface area contributed by atoms with Gasteiger partial charge in [-0.05, 0) is 31.5 Å². The zero-order valence-corrected chi connectivity index (χ0v) is 13.7. The standard InChI is InChI=1S/C15H17Cl2N3O/c1-4-5-13-19-14(17)9(2)15(20-13)18-10-6-7-12(21-3)11(16)8-10/h6-8H,4-5H2,1-3H3,(H,18,19,20). The summed E-state index contributed by atoms with van der Waals surface area (Å²) in [5, 5.41) is 4.23. The van der Waals surface area contributed by atoms with Gasteiger partial charge in [-0.3, -0.25) is 0 Å². The topological polar surface area (TPSA) is 47.0 Å². The van der Waals surface area contributed by atoms with Crippen molar-refractivity contribution in [1.29, 1.82) is 0 Å². The highest BCUT2D eigenvalue weighted by Gasteiger charge is 2.10. The van der Waals surface area contributed by atoms with E-state index in [0.717, 1.165) is 29.9 Å². The molecule has 0 fully saturated rings. The van der Waals surface area contributed by atoms with E-state index in [4.69, 9.17) is 27.9 Å². The first kappa shape index (κ1) is 15.9. The summed E-state index contributed by atoms with van der Waals surface area (Å²) in [4.78, 5) is 8.79. The van der Waals surface area contributed by atoms with E-state index in [1.54, 1.807) is 19.2 Å². The summed E-state index contributed by atoms with van der Waals surface area (Å²) in [6.45, 7) is 3.96. The Bertz CT molecular complexity index is 647. The van der Waals surface area contributed by atoms with E-state index in [1.807, 2.05) is 13.0 Å². The van der Waals surface area contributed by atoms with Gasteiger partial charge in [0.25, 0.3) is 0 Å². The zero-order chi connectivity index (χ0) is 15.4. The molecule has 0 radical (unpaired) electrons. The number of hydrogen-bond acceptors (Lipinski definition) is 4. The van der Waals surface area contributed by atoms with Crippen molar-refractivity contribution in [2.75, 3.05) is 12.4 Å². The third-order valence-electron chi connectivity index (χ3n) is 3.02. The van der Waals surface area contributed by atoms with Crippen LogP contribution in [0.5, 0.6) is 5.75 Å². The van der Waals surface area contributed by atoms with Crippen molar-refractivity contribution in [2.45, 2.75) is 26.7 Å². The number of anilines is 2. The number of hydrogen-bond donors (Lipinski definition) is 1. The fourth-order valence-corrected chi connectivity index (χ4v) is 2.32. The predicted octanol–water partition coefficient (Wildman–Crippen LogP) is 4.80. The Kier molecular flexibility index (Phi) is 5.26. The molecular weight excluding hydrogens is 309 g/mol. The lowest BCUT2D eigenvalue weighted by Crippen LogP contribution is -2.03. The van der Waals surface area contributed by atoms with Crippen molar-refractivity contribution in [2.24, 2.45) is 0 Å². The summed E-state index contributed by atoms with van der Waals surface area (Å²) >= 11 is 12.3. The molecule has 0 saturated heterocycles. The Morgan fingerprint density at radius 3 is 2.62 bits per heavy atom. The monoisotopic (exact) mass is 325 g/mol. The second kappa shape index (κ2) is 6.96. The summed E-state index contributed by atoms with van der Waals surface area (Å²) in [6, 6.07) is 5.46. The van der Waals surface area contributed by atoms with Crippen LogP contribution >= 0.6 is 23.2 Å². The van der Waals surface area contributed by atoms with Crippen molar-refractivity contribution < 1.29 is 4.74 Å². The van der Waals surface area contributed by atoms with Crippen molar-refractivity contribution in [1.82, 2.24) is 9.97 Å². The molecule has 0 aliphatic rings. The first-order chi connectivity index (χ1) is 10.0. The van der Waals surface area contributed by atoms with Crippen molar-refractivity contribution in [3.63, 3.8) is 0 Å². The highest BCUT2D eigenvalue weighted by atomic mass is 35.5. The van der Waals surface area contributed by atoms with Gasteiger partial charge in [-0.1, -0.05) is 30.1 Å². The fourth-order valence-electron chi connectivity index (χ4n) is 1.87. The second-order valence-corrected chi connectivity index (χ2v) is 5.39. The van der Waals surface area contributed by atoms with Crippen molar-refractivity contribution in [3.8, 4) is 5.75 Å². The highest BCUT2D eigenvalue weighted by Crippen LogP contribution is 2.30. The summed E-state index contributed by atoms with van der Waals surface area (Å²) in [7, 11) is 1.58. The lowest BCUT2D eigenvalue weighted by molar-refractivity contribution is 0.415. The number of aryl methyl sites for hydroxylation is 1. The fraction of sp³-hybridized carbons (Fsp3) is 0.333. The molecule has 2 aromatic rings. The minimum atomic E-state index is 0.468. The SMILES string of the molecule is CCCc1nc(Cl)c(C)c(Nc2ccc(OC)c(Cl)c2)n1. The Labute approximate surface area is 134 Å². The number of nitrogens with one attached hydrogen (secondary N) is 1. The second-order valence-electron chi connectivity index (χ2n) is 4.63. The summed E-state index contributed by atoms with van der Waals surface area (Å²) in [6.07, 6.45) is 1.76. The maximum Gasteiger partial charge on any atom is 0.138 e. The summed E-state index contributed by atoms with van der Waals surface area (Å²) < 4.78 is 5.14. The number of methoxy groups -OCH3 is 1. The van der Waals surface area contributed by atoms with Gasteiger partial charge in [0.1, 0.15) is 22.5 Å². The molecule has 0 bridgehead atoms. The number of rotatable bonds is 5. The molecule has 112 valence electrons. The molecule has 0 spiro atoms. The number of halogens is 2. The molecule has 0 amide bonds. The molecule has 1 heterocycles. The van der Waals surface area contributed by atoms with Gasteiger partial charge in [-0.25, -0.2) is 9.97 Å². The maximum absolute atomic E-state index is 6.16. The van der Waals surface area contributed by atoms with Crippen LogP contribution in [0.4, 0.5) is 11.5 Å². The Balaban J connectivity index is 2.32. The Morgan fingerprint density at radius 2 is 2.00 bits per heavy atom. The first-order valence-electron chi connectivity index (χ1n) is 6.68. The highest BCUT2D eigenvalue weighted by molar-refractivity contribution is 6.32. The van der Waals surface area contributed by atoms with Crippen LogP contribution in [0.2, 0.25) is 10.2 Å². The van der Waals surface area contributed by atoms with E-state index < -0.39 is 0 Å². The quantitative estimate of drug-likeness (QED) is 0.802. The number of nitrogens with zero attached hydrogens (tertiary/aromatic N) is 2. The number of ether oxygens (including phenoxy) is 1. The largest absolute Gasteiger partial charge is 0.495 e. The van der Waals surface area contributed by atoms with Crippen molar-refractivity contribution in [3.05, 3.63) is 39.8 Å². The average Bonchev–Trinajstić information content (AvgIpc) is 2.45. The molecule has 1 aromatic heterocycles. The van der Waals surface area contributed by atoms with Crippen LogP contribution in [0.1, 0.15) is 24.7 Å². The molecule has 1 aromatic carbocycles. The van der Waals surface area contributed by atoms with Gasteiger partial charge >= 0.3 is 0 Å². The van der Waals surface area contributed by atoms with Crippen LogP contribution in [0, 0.1) is 6.92 Å². The van der Waals surface area contributed by atoms with E-state index in [1.165, 1.54) is 0 Å². The smallest absolute Gasteiger partial charge is 0.138 e.